The van der Waals surface area contributed by atoms with Gasteiger partial charge in [-0.3, -0.25) is 0 Å². The molecule has 0 fully saturated rings. The molecule has 0 saturated carbocycles. The molecule has 2 aromatic heterocycles. The molecule has 1 N–H and O–H groups in total. The van der Waals surface area contributed by atoms with Crippen LogP contribution in [0.4, 0.5) is 10.5 Å². The molecular weight excluding hydrogens is 498 g/mol. The molecule has 0 aliphatic carbocycles. The van der Waals surface area contributed by atoms with Crippen LogP contribution in [0, 0.1) is 20.8 Å². The number of benzene rings is 3. The molecule has 7 nitrogen and oxygen atoms in total. The van der Waals surface area contributed by atoms with Crippen LogP contribution in [0.1, 0.15) is 46.6 Å². The maximum atomic E-state index is 14.2. The van der Waals surface area contributed by atoms with Gasteiger partial charge in [-0.05, 0) is 92.9 Å². The van der Waals surface area contributed by atoms with Crippen molar-refractivity contribution in [2.24, 2.45) is 0 Å². The molecule has 5 aromatic rings. The van der Waals surface area contributed by atoms with Crippen LogP contribution in [-0.2, 0) is 6.54 Å². The van der Waals surface area contributed by atoms with Gasteiger partial charge in [-0.1, -0.05) is 36.4 Å². The molecule has 0 saturated heterocycles. The number of nitrogens with one attached hydrogen (secondary N) is 1. The number of urea groups is 1. The number of aromatic nitrogens is 3. The summed E-state index contributed by atoms with van der Waals surface area (Å²) in [6, 6.07) is 27.7. The van der Waals surface area contributed by atoms with Crippen LogP contribution < -0.4 is 10.1 Å². The Morgan fingerprint density at radius 1 is 0.950 bits per heavy atom. The molecular formula is C33H33N5O2. The zero-order valence-electron chi connectivity index (χ0n) is 23.3. The second-order valence-electron chi connectivity index (χ2n) is 10.2. The van der Waals surface area contributed by atoms with E-state index in [0.29, 0.717) is 13.2 Å². The van der Waals surface area contributed by atoms with E-state index in [1.54, 1.807) is 0 Å². The first-order valence-electron chi connectivity index (χ1n) is 13.6. The largest absolute Gasteiger partial charge is 0.494 e. The van der Waals surface area contributed by atoms with Gasteiger partial charge in [0.2, 0.25) is 0 Å². The van der Waals surface area contributed by atoms with Crippen molar-refractivity contribution in [1.29, 1.82) is 0 Å². The number of aryl methyl sites for hydroxylation is 3. The van der Waals surface area contributed by atoms with Crippen LogP contribution in [0.5, 0.6) is 5.75 Å². The number of anilines is 1. The summed E-state index contributed by atoms with van der Waals surface area (Å²) in [5.74, 6) is 1.72. The second kappa shape index (κ2) is 10.4. The van der Waals surface area contributed by atoms with Crippen molar-refractivity contribution < 1.29 is 9.53 Å². The van der Waals surface area contributed by atoms with Crippen molar-refractivity contribution in [2.75, 3.05) is 11.9 Å². The van der Waals surface area contributed by atoms with E-state index in [0.717, 1.165) is 51.0 Å². The highest BCUT2D eigenvalue weighted by molar-refractivity contribution is 5.90. The van der Waals surface area contributed by atoms with Gasteiger partial charge in [0, 0.05) is 17.4 Å². The van der Waals surface area contributed by atoms with Gasteiger partial charge in [-0.15, -0.1) is 0 Å². The van der Waals surface area contributed by atoms with E-state index in [4.69, 9.17) is 9.84 Å². The number of amides is 2. The number of carbonyl (C=O) groups excluding carboxylic acids is 1. The molecule has 0 radical (unpaired) electrons. The Kier molecular flexibility index (Phi) is 6.64. The Labute approximate surface area is 234 Å². The molecule has 1 atom stereocenters. The Bertz CT molecular complexity index is 1680. The molecule has 7 heteroatoms. The van der Waals surface area contributed by atoms with Crippen molar-refractivity contribution in [3.63, 3.8) is 0 Å². The van der Waals surface area contributed by atoms with Gasteiger partial charge < -0.3 is 19.5 Å². The molecule has 2 amide bonds. The fraction of sp³-hybridized carbons (Fsp3) is 0.212. The van der Waals surface area contributed by atoms with Crippen LogP contribution >= 0.6 is 0 Å². The van der Waals surface area contributed by atoms with Crippen LogP contribution in [0.15, 0.2) is 91.1 Å². The molecule has 202 valence electrons. The zero-order chi connectivity index (χ0) is 27.8. The molecule has 0 unspecified atom stereocenters. The second-order valence-corrected chi connectivity index (χ2v) is 10.2. The monoisotopic (exact) mass is 531 g/mol. The number of hydrogen-bond donors (Lipinski definition) is 1. The Morgan fingerprint density at radius 2 is 1.77 bits per heavy atom. The van der Waals surface area contributed by atoms with E-state index < -0.39 is 0 Å². The quantitative estimate of drug-likeness (QED) is 0.263. The first-order chi connectivity index (χ1) is 19.4. The molecule has 6 rings (SSSR count). The number of carbonyl (C=O) groups is 1. The summed E-state index contributed by atoms with van der Waals surface area (Å²) in [5, 5.41) is 8.11. The standard InChI is InChI=1S/C33H33N5O2/c1-5-40-28-14-9-11-25(20-28)31-30-15-10-18-36(30)32-29(24(4)35-38(32)27-12-7-6-8-13-27)21-37(31)33(39)34-26-17-16-22(2)23(3)19-26/h6-20,31H,5,21H2,1-4H3,(H,34,39)/t31-/m0/s1. The minimum absolute atomic E-state index is 0.178. The van der Waals surface area contributed by atoms with Gasteiger partial charge in [0.1, 0.15) is 11.6 Å². The lowest BCUT2D eigenvalue weighted by Crippen LogP contribution is -2.38. The summed E-state index contributed by atoms with van der Waals surface area (Å²) in [4.78, 5) is 16.1. The van der Waals surface area contributed by atoms with Crippen LogP contribution in [0.25, 0.3) is 11.5 Å². The van der Waals surface area contributed by atoms with E-state index in [9.17, 15) is 4.79 Å². The summed E-state index contributed by atoms with van der Waals surface area (Å²) >= 11 is 0. The van der Waals surface area contributed by atoms with Crippen LogP contribution in [-0.4, -0.2) is 31.9 Å². The van der Waals surface area contributed by atoms with Crippen LogP contribution in [0.3, 0.4) is 0 Å². The third kappa shape index (κ3) is 4.53. The molecule has 0 bridgehead atoms. The van der Waals surface area contributed by atoms with Gasteiger partial charge in [0.15, 0.2) is 0 Å². The number of hydrogen-bond acceptors (Lipinski definition) is 3. The highest BCUT2D eigenvalue weighted by Gasteiger charge is 2.36. The van der Waals surface area contributed by atoms with Crippen molar-refractivity contribution in [3.8, 4) is 17.3 Å². The minimum Gasteiger partial charge on any atom is -0.494 e. The fourth-order valence-electron chi connectivity index (χ4n) is 5.46. The summed E-state index contributed by atoms with van der Waals surface area (Å²) < 4.78 is 10.0. The normalized spacial score (nSPS) is 14.3. The van der Waals surface area contributed by atoms with Crippen molar-refractivity contribution in [1.82, 2.24) is 19.2 Å². The summed E-state index contributed by atoms with van der Waals surface area (Å²) in [6.07, 6.45) is 2.05. The number of fused-ring (bicyclic) bond motifs is 3. The van der Waals surface area contributed by atoms with E-state index in [2.05, 4.69) is 42.1 Å². The minimum atomic E-state index is -0.363. The average Bonchev–Trinajstić information content (AvgIpc) is 3.52. The molecule has 0 spiro atoms. The summed E-state index contributed by atoms with van der Waals surface area (Å²) in [7, 11) is 0. The maximum Gasteiger partial charge on any atom is 0.322 e. The predicted octanol–water partition coefficient (Wildman–Crippen LogP) is 7.12. The number of rotatable bonds is 5. The molecule has 3 heterocycles. The van der Waals surface area contributed by atoms with Gasteiger partial charge in [-0.2, -0.15) is 5.10 Å². The summed E-state index contributed by atoms with van der Waals surface area (Å²) in [5.41, 5.74) is 7.88. The lowest BCUT2D eigenvalue weighted by atomic mass is 10.0. The topological polar surface area (TPSA) is 64.3 Å². The molecule has 40 heavy (non-hydrogen) atoms. The molecule has 1 aliphatic heterocycles. The highest BCUT2D eigenvalue weighted by atomic mass is 16.5. The maximum absolute atomic E-state index is 14.2. The van der Waals surface area contributed by atoms with Crippen molar-refractivity contribution in [3.05, 3.63) is 125 Å². The van der Waals surface area contributed by atoms with Crippen LogP contribution in [0.2, 0.25) is 0 Å². The highest BCUT2D eigenvalue weighted by Crippen LogP contribution is 2.39. The third-order valence-electron chi connectivity index (χ3n) is 7.59. The smallest absolute Gasteiger partial charge is 0.322 e. The SMILES string of the molecule is CCOc1cccc([C@H]2c3cccn3-c3c(c(C)nn3-c3ccccc3)CN2C(=O)Nc2ccc(C)c(C)c2)c1. The average molecular weight is 532 g/mol. The lowest BCUT2D eigenvalue weighted by Gasteiger charge is -2.31. The first-order valence-corrected chi connectivity index (χ1v) is 13.6. The molecule has 3 aromatic carbocycles. The first kappa shape index (κ1) is 25.5. The van der Waals surface area contributed by atoms with Gasteiger partial charge in [-0.25, -0.2) is 9.48 Å². The third-order valence-corrected chi connectivity index (χ3v) is 7.59. The van der Waals surface area contributed by atoms with Gasteiger partial charge in [0.25, 0.3) is 0 Å². The number of ether oxygens (including phenoxy) is 1. The van der Waals surface area contributed by atoms with Gasteiger partial charge in [0.05, 0.1) is 36.3 Å². The van der Waals surface area contributed by atoms with E-state index >= 15 is 0 Å². The fourth-order valence-corrected chi connectivity index (χ4v) is 5.46. The molecule has 1 aliphatic rings. The Morgan fingerprint density at radius 3 is 2.55 bits per heavy atom. The van der Waals surface area contributed by atoms with Gasteiger partial charge >= 0.3 is 6.03 Å². The lowest BCUT2D eigenvalue weighted by molar-refractivity contribution is 0.194. The zero-order valence-corrected chi connectivity index (χ0v) is 23.3. The van der Waals surface area contributed by atoms with E-state index in [1.165, 1.54) is 5.56 Å². The van der Waals surface area contributed by atoms with Crippen molar-refractivity contribution in [2.45, 2.75) is 40.3 Å². The van der Waals surface area contributed by atoms with Crippen molar-refractivity contribution >= 4 is 11.7 Å². The van der Waals surface area contributed by atoms with E-state index in [-0.39, 0.29) is 12.1 Å². The Balaban J connectivity index is 1.52. The number of para-hydroxylation sites is 1. The Hall–Kier alpha value is -4.78. The number of nitrogens with zero attached hydrogens (tertiary/aromatic N) is 4. The summed E-state index contributed by atoms with van der Waals surface area (Å²) in [6.45, 7) is 9.06. The van der Waals surface area contributed by atoms with E-state index in [1.807, 2.05) is 96.2 Å². The predicted molar refractivity (Wildman–Crippen MR) is 158 cm³/mol.